The summed E-state index contributed by atoms with van der Waals surface area (Å²) < 4.78 is 0. The number of benzene rings is 1. The Morgan fingerprint density at radius 1 is 1.53 bits per heavy atom. The van der Waals surface area contributed by atoms with E-state index in [-0.39, 0.29) is 12.6 Å². The highest BCUT2D eigenvalue weighted by atomic mass is 32.2. The van der Waals surface area contributed by atoms with Crippen LogP contribution in [-0.4, -0.2) is 24.0 Å². The number of nitrogens with one attached hydrogen (secondary N) is 1. The molecule has 1 atom stereocenters. The Labute approximate surface area is 95.1 Å². The maximum Gasteiger partial charge on any atom is 0.0630 e. The summed E-state index contributed by atoms with van der Waals surface area (Å²) in [4.78, 5) is 1.19. The van der Waals surface area contributed by atoms with Crippen LogP contribution in [0.1, 0.15) is 12.5 Å². The van der Waals surface area contributed by atoms with Gasteiger partial charge >= 0.3 is 0 Å². The van der Waals surface area contributed by atoms with Gasteiger partial charge < -0.3 is 16.2 Å². The molecule has 0 heterocycles. The third kappa shape index (κ3) is 3.12. The Kier molecular flexibility index (Phi) is 4.94. The number of hydrogen-bond acceptors (Lipinski definition) is 4. The highest BCUT2D eigenvalue weighted by molar-refractivity contribution is 7.98. The predicted octanol–water partition coefficient (Wildman–Crippen LogP) is 1.66. The zero-order chi connectivity index (χ0) is 11.3. The summed E-state index contributed by atoms with van der Waals surface area (Å²) in [7, 11) is 0. The molecule has 4 heteroatoms. The number of thioether (sulfide) groups is 1. The van der Waals surface area contributed by atoms with Crippen molar-refractivity contribution < 1.29 is 5.11 Å². The second kappa shape index (κ2) is 6.00. The third-order valence-corrected chi connectivity index (χ3v) is 3.06. The first-order valence-corrected chi connectivity index (χ1v) is 6.18. The average molecular weight is 226 g/mol. The second-order valence-corrected chi connectivity index (χ2v) is 4.27. The first-order valence-electron chi connectivity index (χ1n) is 4.96. The fourth-order valence-corrected chi connectivity index (χ4v) is 2.07. The van der Waals surface area contributed by atoms with Crippen LogP contribution < -0.4 is 11.1 Å². The van der Waals surface area contributed by atoms with Gasteiger partial charge in [-0.25, -0.2) is 0 Å². The van der Waals surface area contributed by atoms with E-state index in [2.05, 4.69) is 11.4 Å². The molecule has 0 spiro atoms. The molecule has 84 valence electrons. The zero-order valence-electron chi connectivity index (χ0n) is 9.16. The molecule has 15 heavy (non-hydrogen) atoms. The SMILES string of the molecule is CSc1cccc(NC(C)CO)c1CN. The van der Waals surface area contributed by atoms with Crippen molar-refractivity contribution in [3.63, 3.8) is 0 Å². The quantitative estimate of drug-likeness (QED) is 0.668. The number of aliphatic hydroxyl groups is 1. The summed E-state index contributed by atoms with van der Waals surface area (Å²) in [5, 5.41) is 12.2. The number of rotatable bonds is 5. The Balaban J connectivity index is 2.95. The van der Waals surface area contributed by atoms with Crippen LogP contribution in [0.25, 0.3) is 0 Å². The van der Waals surface area contributed by atoms with E-state index in [1.807, 2.05) is 25.3 Å². The van der Waals surface area contributed by atoms with Crippen molar-refractivity contribution in [2.75, 3.05) is 18.2 Å². The Morgan fingerprint density at radius 3 is 2.80 bits per heavy atom. The molecule has 1 aromatic carbocycles. The van der Waals surface area contributed by atoms with Gasteiger partial charge in [0.2, 0.25) is 0 Å². The Morgan fingerprint density at radius 2 is 2.27 bits per heavy atom. The van der Waals surface area contributed by atoms with E-state index in [4.69, 9.17) is 10.8 Å². The van der Waals surface area contributed by atoms with E-state index >= 15 is 0 Å². The molecule has 0 amide bonds. The summed E-state index contributed by atoms with van der Waals surface area (Å²) in [5.74, 6) is 0. The minimum Gasteiger partial charge on any atom is -0.394 e. The monoisotopic (exact) mass is 226 g/mol. The van der Waals surface area contributed by atoms with Crippen LogP contribution in [-0.2, 0) is 6.54 Å². The molecule has 1 unspecified atom stereocenters. The number of nitrogens with two attached hydrogens (primary N) is 1. The molecule has 0 aliphatic carbocycles. The first kappa shape index (κ1) is 12.4. The lowest BCUT2D eigenvalue weighted by Gasteiger charge is -2.17. The molecule has 1 aromatic rings. The number of aliphatic hydroxyl groups excluding tert-OH is 1. The van der Waals surface area contributed by atoms with Crippen molar-refractivity contribution in [1.82, 2.24) is 0 Å². The Hall–Kier alpha value is -0.710. The molecular weight excluding hydrogens is 208 g/mol. The molecule has 0 radical (unpaired) electrons. The van der Waals surface area contributed by atoms with Crippen LogP contribution in [0.2, 0.25) is 0 Å². The number of anilines is 1. The summed E-state index contributed by atoms with van der Waals surface area (Å²) in [5.41, 5.74) is 7.86. The van der Waals surface area contributed by atoms with E-state index in [9.17, 15) is 0 Å². The fourth-order valence-electron chi connectivity index (χ4n) is 1.41. The lowest BCUT2D eigenvalue weighted by Crippen LogP contribution is -2.20. The van der Waals surface area contributed by atoms with Crippen molar-refractivity contribution in [2.24, 2.45) is 5.73 Å². The van der Waals surface area contributed by atoms with E-state index in [1.165, 1.54) is 4.90 Å². The van der Waals surface area contributed by atoms with Crippen LogP contribution in [0.5, 0.6) is 0 Å². The van der Waals surface area contributed by atoms with E-state index in [0.717, 1.165) is 11.3 Å². The minimum absolute atomic E-state index is 0.0485. The van der Waals surface area contributed by atoms with E-state index < -0.39 is 0 Å². The lowest BCUT2D eigenvalue weighted by atomic mass is 10.1. The van der Waals surface area contributed by atoms with Gasteiger partial charge in [-0.15, -0.1) is 11.8 Å². The van der Waals surface area contributed by atoms with Crippen molar-refractivity contribution in [3.8, 4) is 0 Å². The molecule has 3 nitrogen and oxygen atoms in total. The maximum atomic E-state index is 8.99. The van der Waals surface area contributed by atoms with Gasteiger partial charge in [-0.3, -0.25) is 0 Å². The second-order valence-electron chi connectivity index (χ2n) is 3.42. The van der Waals surface area contributed by atoms with Gasteiger partial charge in [0, 0.05) is 28.7 Å². The first-order chi connectivity index (χ1) is 7.22. The maximum absolute atomic E-state index is 8.99. The molecule has 1 rings (SSSR count). The van der Waals surface area contributed by atoms with Gasteiger partial charge in [0.1, 0.15) is 0 Å². The van der Waals surface area contributed by atoms with Crippen molar-refractivity contribution in [2.45, 2.75) is 24.4 Å². The zero-order valence-corrected chi connectivity index (χ0v) is 9.97. The van der Waals surface area contributed by atoms with Crippen LogP contribution in [0, 0.1) is 0 Å². The molecule has 0 aromatic heterocycles. The van der Waals surface area contributed by atoms with Crippen LogP contribution in [0.15, 0.2) is 23.1 Å². The predicted molar refractivity (Wildman–Crippen MR) is 66.3 cm³/mol. The fraction of sp³-hybridized carbons (Fsp3) is 0.455. The summed E-state index contributed by atoms with van der Waals surface area (Å²) in [6.45, 7) is 2.57. The molecule has 4 N–H and O–H groups in total. The lowest BCUT2D eigenvalue weighted by molar-refractivity contribution is 0.281. The van der Waals surface area contributed by atoms with Crippen molar-refractivity contribution >= 4 is 17.4 Å². The average Bonchev–Trinajstić information content (AvgIpc) is 2.28. The van der Waals surface area contributed by atoms with Gasteiger partial charge in [-0.05, 0) is 25.3 Å². The van der Waals surface area contributed by atoms with Crippen LogP contribution in [0.3, 0.4) is 0 Å². The molecule has 0 saturated heterocycles. The van der Waals surface area contributed by atoms with Crippen LogP contribution in [0.4, 0.5) is 5.69 Å². The van der Waals surface area contributed by atoms with Gasteiger partial charge in [-0.2, -0.15) is 0 Å². The van der Waals surface area contributed by atoms with E-state index in [0.29, 0.717) is 6.54 Å². The molecule has 0 fully saturated rings. The van der Waals surface area contributed by atoms with E-state index in [1.54, 1.807) is 11.8 Å². The molecule has 0 bridgehead atoms. The highest BCUT2D eigenvalue weighted by Crippen LogP contribution is 2.26. The van der Waals surface area contributed by atoms with Crippen molar-refractivity contribution in [1.29, 1.82) is 0 Å². The van der Waals surface area contributed by atoms with Gasteiger partial charge in [-0.1, -0.05) is 6.07 Å². The smallest absolute Gasteiger partial charge is 0.0630 e. The van der Waals surface area contributed by atoms with Crippen molar-refractivity contribution in [3.05, 3.63) is 23.8 Å². The standard InChI is InChI=1S/C11H18N2OS/c1-8(7-14)13-10-4-3-5-11(15-2)9(10)6-12/h3-5,8,13-14H,6-7,12H2,1-2H3. The summed E-state index contributed by atoms with van der Waals surface area (Å²) in [6.07, 6.45) is 2.04. The summed E-state index contributed by atoms with van der Waals surface area (Å²) in [6, 6.07) is 6.10. The Bertz CT molecular complexity index is 317. The highest BCUT2D eigenvalue weighted by Gasteiger charge is 2.07. The normalized spacial score (nSPS) is 12.5. The third-order valence-electron chi connectivity index (χ3n) is 2.23. The molecule has 0 aliphatic rings. The summed E-state index contributed by atoms with van der Waals surface area (Å²) >= 11 is 1.69. The van der Waals surface area contributed by atoms with Gasteiger partial charge in [0.15, 0.2) is 0 Å². The number of hydrogen-bond donors (Lipinski definition) is 3. The molecule has 0 aliphatic heterocycles. The van der Waals surface area contributed by atoms with Gasteiger partial charge in [0.05, 0.1) is 6.61 Å². The molecular formula is C11H18N2OS. The van der Waals surface area contributed by atoms with Crippen LogP contribution >= 0.6 is 11.8 Å². The minimum atomic E-state index is 0.0485. The largest absolute Gasteiger partial charge is 0.394 e. The topological polar surface area (TPSA) is 58.3 Å². The van der Waals surface area contributed by atoms with Gasteiger partial charge in [0.25, 0.3) is 0 Å². The molecule has 0 saturated carbocycles.